The van der Waals surface area contributed by atoms with Crippen molar-refractivity contribution < 1.29 is 14.6 Å². The zero-order chi connectivity index (χ0) is 12.0. The summed E-state index contributed by atoms with van der Waals surface area (Å²) in [6.07, 6.45) is 0.307. The molecule has 90 valence electrons. The van der Waals surface area contributed by atoms with Gasteiger partial charge in [0.25, 0.3) is 0 Å². The number of hydrogen-bond donors (Lipinski definition) is 1. The summed E-state index contributed by atoms with van der Waals surface area (Å²) in [7, 11) is 1.67. The Morgan fingerprint density at radius 1 is 1.38 bits per heavy atom. The van der Waals surface area contributed by atoms with Crippen molar-refractivity contribution in [1.82, 2.24) is 0 Å². The molecule has 1 N–H and O–H groups in total. The van der Waals surface area contributed by atoms with Crippen LogP contribution in [0.5, 0.6) is 5.75 Å². The van der Waals surface area contributed by atoms with Crippen LogP contribution in [0.4, 0.5) is 0 Å². The first-order valence-electron chi connectivity index (χ1n) is 5.24. The SMILES string of the molecule is COCCCOc1ccc(Br)cc1C(C)O. The van der Waals surface area contributed by atoms with E-state index in [1.165, 1.54) is 0 Å². The maximum absolute atomic E-state index is 9.61. The second kappa shape index (κ2) is 6.89. The van der Waals surface area contributed by atoms with Gasteiger partial charge >= 0.3 is 0 Å². The topological polar surface area (TPSA) is 38.7 Å². The lowest BCUT2D eigenvalue weighted by Gasteiger charge is -2.13. The van der Waals surface area contributed by atoms with Crippen LogP contribution in [0.15, 0.2) is 22.7 Å². The summed E-state index contributed by atoms with van der Waals surface area (Å²) in [4.78, 5) is 0. The average Bonchev–Trinajstić information content (AvgIpc) is 2.26. The summed E-state index contributed by atoms with van der Waals surface area (Å²) in [6, 6.07) is 5.63. The second-order valence-electron chi connectivity index (χ2n) is 3.55. The Bertz CT molecular complexity index is 326. The van der Waals surface area contributed by atoms with Crippen LogP contribution in [0.2, 0.25) is 0 Å². The predicted molar refractivity (Wildman–Crippen MR) is 66.8 cm³/mol. The van der Waals surface area contributed by atoms with Crippen LogP contribution in [-0.2, 0) is 4.74 Å². The first-order valence-corrected chi connectivity index (χ1v) is 6.03. The van der Waals surface area contributed by atoms with E-state index in [2.05, 4.69) is 15.9 Å². The molecule has 0 fully saturated rings. The van der Waals surface area contributed by atoms with Gasteiger partial charge in [0.2, 0.25) is 0 Å². The number of ether oxygens (including phenoxy) is 2. The molecule has 0 amide bonds. The first kappa shape index (κ1) is 13.5. The molecule has 0 saturated carbocycles. The van der Waals surface area contributed by atoms with Crippen molar-refractivity contribution in [3.8, 4) is 5.75 Å². The molecular formula is C12H17BrO3. The van der Waals surface area contributed by atoms with E-state index in [9.17, 15) is 5.11 Å². The molecule has 0 aliphatic rings. The third-order valence-electron chi connectivity index (χ3n) is 2.17. The van der Waals surface area contributed by atoms with Crippen LogP contribution in [0, 0.1) is 0 Å². The van der Waals surface area contributed by atoms with Crippen molar-refractivity contribution in [3.05, 3.63) is 28.2 Å². The summed E-state index contributed by atoms with van der Waals surface area (Å²) in [5.41, 5.74) is 0.798. The van der Waals surface area contributed by atoms with Crippen molar-refractivity contribution in [3.63, 3.8) is 0 Å². The molecular weight excluding hydrogens is 272 g/mol. The molecule has 0 spiro atoms. The van der Waals surface area contributed by atoms with Gasteiger partial charge in [-0.1, -0.05) is 15.9 Å². The lowest BCUT2D eigenvalue weighted by molar-refractivity contribution is 0.166. The Kier molecular flexibility index (Phi) is 5.80. The van der Waals surface area contributed by atoms with Gasteiger partial charge in [-0.3, -0.25) is 0 Å². The van der Waals surface area contributed by atoms with E-state index in [0.717, 1.165) is 22.2 Å². The molecule has 1 aromatic rings. The highest BCUT2D eigenvalue weighted by atomic mass is 79.9. The van der Waals surface area contributed by atoms with Gasteiger partial charge < -0.3 is 14.6 Å². The normalized spacial score (nSPS) is 12.5. The number of benzene rings is 1. The van der Waals surface area contributed by atoms with E-state index in [1.807, 2.05) is 18.2 Å². The maximum Gasteiger partial charge on any atom is 0.125 e. The monoisotopic (exact) mass is 288 g/mol. The highest BCUT2D eigenvalue weighted by molar-refractivity contribution is 9.10. The van der Waals surface area contributed by atoms with Crippen molar-refractivity contribution in [2.45, 2.75) is 19.4 Å². The van der Waals surface area contributed by atoms with Crippen molar-refractivity contribution in [2.75, 3.05) is 20.3 Å². The number of methoxy groups -OCH3 is 1. The zero-order valence-corrected chi connectivity index (χ0v) is 11.2. The van der Waals surface area contributed by atoms with Gasteiger partial charge in [-0.25, -0.2) is 0 Å². The molecule has 0 bridgehead atoms. The minimum atomic E-state index is -0.532. The number of aliphatic hydroxyl groups is 1. The summed E-state index contributed by atoms with van der Waals surface area (Å²) >= 11 is 3.37. The molecule has 0 aromatic heterocycles. The van der Waals surface area contributed by atoms with E-state index in [1.54, 1.807) is 14.0 Å². The Labute approximate surface area is 105 Å². The van der Waals surface area contributed by atoms with Crippen molar-refractivity contribution >= 4 is 15.9 Å². The summed E-state index contributed by atoms with van der Waals surface area (Å²) in [5, 5.41) is 9.61. The van der Waals surface area contributed by atoms with Gasteiger partial charge in [0.1, 0.15) is 5.75 Å². The maximum atomic E-state index is 9.61. The Balaban J connectivity index is 2.64. The van der Waals surface area contributed by atoms with Crippen molar-refractivity contribution in [1.29, 1.82) is 0 Å². The summed E-state index contributed by atoms with van der Waals surface area (Å²) in [6.45, 7) is 3.00. The fraction of sp³-hybridized carbons (Fsp3) is 0.500. The van der Waals surface area contributed by atoms with Gasteiger partial charge in [-0.2, -0.15) is 0 Å². The molecule has 1 unspecified atom stereocenters. The quantitative estimate of drug-likeness (QED) is 0.818. The van der Waals surface area contributed by atoms with Gasteiger partial charge in [0.15, 0.2) is 0 Å². The Morgan fingerprint density at radius 2 is 2.12 bits per heavy atom. The molecule has 16 heavy (non-hydrogen) atoms. The highest BCUT2D eigenvalue weighted by Crippen LogP contribution is 2.28. The standard InChI is InChI=1S/C12H17BrO3/c1-9(14)11-8-10(13)4-5-12(11)16-7-3-6-15-2/h4-5,8-9,14H,3,6-7H2,1-2H3. The third-order valence-corrected chi connectivity index (χ3v) is 2.67. The van der Waals surface area contributed by atoms with E-state index in [0.29, 0.717) is 13.2 Å². The minimum absolute atomic E-state index is 0.532. The molecule has 1 atom stereocenters. The van der Waals surface area contributed by atoms with Gasteiger partial charge in [-0.05, 0) is 25.1 Å². The van der Waals surface area contributed by atoms with Crippen LogP contribution in [0.25, 0.3) is 0 Å². The smallest absolute Gasteiger partial charge is 0.125 e. The lowest BCUT2D eigenvalue weighted by Crippen LogP contribution is -2.04. The van der Waals surface area contributed by atoms with Crippen LogP contribution in [-0.4, -0.2) is 25.4 Å². The average molecular weight is 289 g/mol. The second-order valence-corrected chi connectivity index (χ2v) is 4.47. The summed E-state index contributed by atoms with van der Waals surface area (Å²) < 4.78 is 11.5. The molecule has 3 nitrogen and oxygen atoms in total. The van der Waals surface area contributed by atoms with E-state index in [4.69, 9.17) is 9.47 Å². The molecule has 0 radical (unpaired) electrons. The predicted octanol–water partition coefficient (Wildman–Crippen LogP) is 2.92. The molecule has 0 aliphatic carbocycles. The third kappa shape index (κ3) is 4.12. The van der Waals surface area contributed by atoms with Gasteiger partial charge in [0.05, 0.1) is 12.7 Å². The molecule has 0 aliphatic heterocycles. The molecule has 1 aromatic carbocycles. The zero-order valence-electron chi connectivity index (χ0n) is 9.57. The number of rotatable bonds is 6. The highest BCUT2D eigenvalue weighted by Gasteiger charge is 2.09. The Morgan fingerprint density at radius 3 is 2.75 bits per heavy atom. The molecule has 0 saturated heterocycles. The van der Waals surface area contributed by atoms with Gasteiger partial charge in [0, 0.05) is 30.2 Å². The number of aliphatic hydroxyl groups excluding tert-OH is 1. The van der Waals surface area contributed by atoms with Crippen LogP contribution >= 0.6 is 15.9 Å². The van der Waals surface area contributed by atoms with Crippen molar-refractivity contribution in [2.24, 2.45) is 0 Å². The van der Waals surface area contributed by atoms with Crippen LogP contribution in [0.1, 0.15) is 25.0 Å². The largest absolute Gasteiger partial charge is 0.493 e. The van der Waals surface area contributed by atoms with Gasteiger partial charge in [-0.15, -0.1) is 0 Å². The van der Waals surface area contributed by atoms with E-state index < -0.39 is 6.10 Å². The summed E-state index contributed by atoms with van der Waals surface area (Å²) in [5.74, 6) is 0.731. The minimum Gasteiger partial charge on any atom is -0.493 e. The van der Waals surface area contributed by atoms with E-state index in [-0.39, 0.29) is 0 Å². The van der Waals surface area contributed by atoms with E-state index >= 15 is 0 Å². The fourth-order valence-electron chi connectivity index (χ4n) is 1.36. The number of halogens is 1. The van der Waals surface area contributed by atoms with Crippen LogP contribution in [0.3, 0.4) is 0 Å². The van der Waals surface area contributed by atoms with Crippen LogP contribution < -0.4 is 4.74 Å². The first-order chi connectivity index (χ1) is 7.65. The fourth-order valence-corrected chi connectivity index (χ4v) is 1.74. The number of hydrogen-bond acceptors (Lipinski definition) is 3. The molecule has 4 heteroatoms. The lowest BCUT2D eigenvalue weighted by atomic mass is 10.1. The molecule has 0 heterocycles. The molecule has 1 rings (SSSR count). The Hall–Kier alpha value is -0.580.